The second-order valence-corrected chi connectivity index (χ2v) is 6.62. The largest absolute Gasteiger partial charge is 0.462 e. The zero-order valence-corrected chi connectivity index (χ0v) is 15.9. The van der Waals surface area contributed by atoms with E-state index in [1.54, 1.807) is 31.2 Å². The summed E-state index contributed by atoms with van der Waals surface area (Å²) in [4.78, 5) is 32.4. The number of nitrogens with zero attached hydrogens (tertiary/aromatic N) is 3. The summed E-state index contributed by atoms with van der Waals surface area (Å²) in [5.74, 6) is 0.245. The molecule has 0 atom stereocenters. The molecule has 1 aromatic heterocycles. The average molecular weight is 385 g/mol. The minimum absolute atomic E-state index is 0.106. The van der Waals surface area contributed by atoms with Crippen molar-refractivity contribution in [1.82, 2.24) is 9.88 Å². The Balaban J connectivity index is 1.47. The molecule has 0 aliphatic carbocycles. The zero-order valence-electron chi connectivity index (χ0n) is 15.9. The molecule has 2 aromatic rings. The number of pyridine rings is 1. The van der Waals surface area contributed by atoms with E-state index in [4.69, 9.17) is 4.74 Å². The predicted octanol–water partition coefficient (Wildman–Crippen LogP) is 2.68. The molecular formula is C21H24FN3O3. The van der Waals surface area contributed by atoms with Crippen LogP contribution >= 0.6 is 0 Å². The van der Waals surface area contributed by atoms with Crippen molar-refractivity contribution >= 4 is 17.7 Å². The van der Waals surface area contributed by atoms with Crippen LogP contribution in [0.5, 0.6) is 0 Å². The summed E-state index contributed by atoms with van der Waals surface area (Å²) in [7, 11) is 0. The van der Waals surface area contributed by atoms with Crippen LogP contribution in [-0.4, -0.2) is 54.5 Å². The molecule has 1 aliphatic heterocycles. The van der Waals surface area contributed by atoms with Crippen LogP contribution in [0.2, 0.25) is 0 Å². The van der Waals surface area contributed by atoms with Gasteiger partial charge in [0.2, 0.25) is 5.91 Å². The summed E-state index contributed by atoms with van der Waals surface area (Å²) in [6.07, 6.45) is 2.54. The number of anilines is 1. The van der Waals surface area contributed by atoms with Crippen molar-refractivity contribution in [3.05, 3.63) is 59.5 Å². The molecule has 1 aliphatic rings. The number of piperazine rings is 1. The predicted molar refractivity (Wildman–Crippen MR) is 104 cm³/mol. The molecule has 0 bridgehead atoms. The first kappa shape index (κ1) is 19.8. The van der Waals surface area contributed by atoms with Crippen molar-refractivity contribution in [2.24, 2.45) is 0 Å². The number of hydrogen-bond donors (Lipinski definition) is 0. The molecule has 2 heterocycles. The van der Waals surface area contributed by atoms with E-state index in [0.717, 1.165) is 11.4 Å². The molecule has 1 amide bonds. The number of rotatable bonds is 6. The number of aryl methyl sites for hydroxylation is 1. The molecule has 3 rings (SSSR count). The number of hydrogen-bond acceptors (Lipinski definition) is 5. The first-order chi connectivity index (χ1) is 13.6. The van der Waals surface area contributed by atoms with E-state index in [1.165, 1.54) is 18.3 Å². The molecule has 0 spiro atoms. The molecule has 1 saturated heterocycles. The smallest absolute Gasteiger partial charge is 0.339 e. The molecule has 28 heavy (non-hydrogen) atoms. The highest BCUT2D eigenvalue weighted by Gasteiger charge is 2.22. The molecule has 0 N–H and O–H groups in total. The summed E-state index contributed by atoms with van der Waals surface area (Å²) >= 11 is 0. The van der Waals surface area contributed by atoms with Crippen LogP contribution in [0.1, 0.15) is 29.3 Å². The number of halogens is 1. The van der Waals surface area contributed by atoms with E-state index in [9.17, 15) is 14.0 Å². The van der Waals surface area contributed by atoms with Crippen LogP contribution in [0.25, 0.3) is 0 Å². The second-order valence-electron chi connectivity index (χ2n) is 6.62. The average Bonchev–Trinajstić information content (AvgIpc) is 2.73. The Bertz CT molecular complexity index is 801. The highest BCUT2D eigenvalue weighted by atomic mass is 19.1. The third-order valence-corrected chi connectivity index (χ3v) is 4.76. The van der Waals surface area contributed by atoms with Crippen molar-refractivity contribution < 1.29 is 18.7 Å². The molecule has 0 saturated carbocycles. The monoisotopic (exact) mass is 385 g/mol. The molecule has 0 radical (unpaired) electrons. The quantitative estimate of drug-likeness (QED) is 0.716. The fourth-order valence-electron chi connectivity index (χ4n) is 3.15. The van der Waals surface area contributed by atoms with Gasteiger partial charge in [0.1, 0.15) is 11.6 Å². The Kier molecular flexibility index (Phi) is 6.57. The lowest BCUT2D eigenvalue weighted by Crippen LogP contribution is -2.49. The zero-order chi connectivity index (χ0) is 19.9. The standard InChI is InChI=1S/C21H24FN3O3/c1-2-28-21(27)17-6-9-19(23-15-17)24-11-13-25(14-12-24)20(26)10-5-16-3-7-18(22)8-4-16/h3-4,6-9,15H,2,5,10-14H2,1H3. The highest BCUT2D eigenvalue weighted by molar-refractivity contribution is 5.89. The molecular weight excluding hydrogens is 361 g/mol. The third-order valence-electron chi connectivity index (χ3n) is 4.76. The van der Waals surface area contributed by atoms with Crippen LogP contribution in [-0.2, 0) is 16.0 Å². The van der Waals surface area contributed by atoms with Crippen molar-refractivity contribution in [3.63, 3.8) is 0 Å². The van der Waals surface area contributed by atoms with Crippen LogP contribution in [0.15, 0.2) is 42.6 Å². The number of aromatic nitrogens is 1. The molecule has 0 unspecified atom stereocenters. The van der Waals surface area contributed by atoms with Gasteiger partial charge in [0, 0.05) is 38.8 Å². The number of esters is 1. The summed E-state index contributed by atoms with van der Waals surface area (Å²) in [6, 6.07) is 9.77. The molecule has 1 aromatic carbocycles. The van der Waals surface area contributed by atoms with Gasteiger partial charge in [0.15, 0.2) is 0 Å². The Labute approximate surface area is 163 Å². The summed E-state index contributed by atoms with van der Waals surface area (Å²) in [5, 5.41) is 0. The fourth-order valence-corrected chi connectivity index (χ4v) is 3.15. The number of benzene rings is 1. The number of carbonyl (C=O) groups is 2. The highest BCUT2D eigenvalue weighted by Crippen LogP contribution is 2.16. The topological polar surface area (TPSA) is 62.7 Å². The van der Waals surface area contributed by atoms with Gasteiger partial charge in [-0.15, -0.1) is 0 Å². The summed E-state index contributed by atoms with van der Waals surface area (Å²) < 4.78 is 17.9. The van der Waals surface area contributed by atoms with E-state index in [2.05, 4.69) is 9.88 Å². The second kappa shape index (κ2) is 9.30. The van der Waals surface area contributed by atoms with Crippen molar-refractivity contribution in [3.8, 4) is 0 Å². The maximum Gasteiger partial charge on any atom is 0.339 e. The Hall–Kier alpha value is -2.96. The number of carbonyl (C=O) groups excluding carboxylic acids is 2. The SMILES string of the molecule is CCOC(=O)c1ccc(N2CCN(C(=O)CCc3ccc(F)cc3)CC2)nc1. The van der Waals surface area contributed by atoms with E-state index >= 15 is 0 Å². The summed E-state index contributed by atoms with van der Waals surface area (Å²) in [6.45, 7) is 4.73. The van der Waals surface area contributed by atoms with E-state index in [-0.39, 0.29) is 17.7 Å². The number of ether oxygens (including phenoxy) is 1. The Morgan fingerprint density at radius 1 is 1.07 bits per heavy atom. The van der Waals surface area contributed by atoms with Crippen molar-refractivity contribution in [2.45, 2.75) is 19.8 Å². The van der Waals surface area contributed by atoms with E-state index in [1.807, 2.05) is 4.90 Å². The van der Waals surface area contributed by atoms with Crippen LogP contribution in [0.4, 0.5) is 10.2 Å². The first-order valence-electron chi connectivity index (χ1n) is 9.47. The van der Waals surface area contributed by atoms with Gasteiger partial charge in [-0.3, -0.25) is 4.79 Å². The molecule has 6 nitrogen and oxygen atoms in total. The van der Waals surface area contributed by atoms with Gasteiger partial charge in [-0.2, -0.15) is 0 Å². The fraction of sp³-hybridized carbons (Fsp3) is 0.381. The Morgan fingerprint density at radius 3 is 2.39 bits per heavy atom. The van der Waals surface area contributed by atoms with Crippen molar-refractivity contribution in [2.75, 3.05) is 37.7 Å². The minimum atomic E-state index is -0.377. The maximum atomic E-state index is 12.9. The van der Waals surface area contributed by atoms with Gasteiger partial charge in [0.05, 0.1) is 12.2 Å². The molecule has 7 heteroatoms. The lowest BCUT2D eigenvalue weighted by Gasteiger charge is -2.35. The van der Waals surface area contributed by atoms with Gasteiger partial charge >= 0.3 is 5.97 Å². The van der Waals surface area contributed by atoms with Gasteiger partial charge in [-0.25, -0.2) is 14.2 Å². The van der Waals surface area contributed by atoms with Gasteiger partial charge in [-0.05, 0) is 43.2 Å². The first-order valence-corrected chi connectivity index (χ1v) is 9.47. The molecule has 1 fully saturated rings. The van der Waals surface area contributed by atoms with Gasteiger partial charge < -0.3 is 14.5 Å². The van der Waals surface area contributed by atoms with Gasteiger partial charge in [0.25, 0.3) is 0 Å². The number of amides is 1. The molecule has 148 valence electrons. The minimum Gasteiger partial charge on any atom is -0.462 e. The van der Waals surface area contributed by atoms with Crippen LogP contribution in [0.3, 0.4) is 0 Å². The third kappa shape index (κ3) is 5.06. The normalized spacial score (nSPS) is 14.1. The summed E-state index contributed by atoms with van der Waals surface area (Å²) in [5.41, 5.74) is 1.39. The van der Waals surface area contributed by atoms with E-state index in [0.29, 0.717) is 51.2 Å². The lowest BCUT2D eigenvalue weighted by atomic mass is 10.1. The van der Waals surface area contributed by atoms with Crippen LogP contribution < -0.4 is 4.90 Å². The lowest BCUT2D eigenvalue weighted by molar-refractivity contribution is -0.131. The Morgan fingerprint density at radius 2 is 1.79 bits per heavy atom. The van der Waals surface area contributed by atoms with Gasteiger partial charge in [-0.1, -0.05) is 12.1 Å². The van der Waals surface area contributed by atoms with Crippen molar-refractivity contribution in [1.29, 1.82) is 0 Å². The van der Waals surface area contributed by atoms with E-state index < -0.39 is 0 Å². The van der Waals surface area contributed by atoms with Crippen LogP contribution in [0, 0.1) is 5.82 Å². The maximum absolute atomic E-state index is 12.9.